The van der Waals surface area contributed by atoms with Gasteiger partial charge < -0.3 is 20.2 Å². The van der Waals surface area contributed by atoms with Crippen LogP contribution in [0.4, 0.5) is 20.6 Å². The molecular weight excluding hydrogens is 451 g/mol. The molecule has 3 aromatic rings. The van der Waals surface area contributed by atoms with Gasteiger partial charge in [-0.1, -0.05) is 0 Å². The molecule has 1 aliphatic heterocycles. The van der Waals surface area contributed by atoms with E-state index in [2.05, 4.69) is 25.5 Å². The number of urea groups is 1. The quantitative estimate of drug-likeness (QED) is 0.458. The molecule has 2 amide bonds. The number of anilines is 2. The molecule has 0 bridgehead atoms. The first kappa shape index (κ1) is 24.4. The molecule has 1 saturated heterocycles. The van der Waals surface area contributed by atoms with Crippen LogP contribution < -0.4 is 15.4 Å². The maximum atomic E-state index is 13.1. The zero-order valence-electron chi connectivity index (χ0n) is 19.6. The van der Waals surface area contributed by atoms with E-state index in [0.717, 1.165) is 50.3 Å². The Balaban J connectivity index is 1.40. The van der Waals surface area contributed by atoms with Crippen LogP contribution in [0.2, 0.25) is 0 Å². The van der Waals surface area contributed by atoms with Crippen molar-refractivity contribution < 1.29 is 18.7 Å². The molecule has 9 nitrogen and oxygen atoms in total. The second-order valence-corrected chi connectivity index (χ2v) is 8.29. The Labute approximate surface area is 203 Å². The van der Waals surface area contributed by atoms with Gasteiger partial charge >= 0.3 is 6.03 Å². The van der Waals surface area contributed by atoms with Crippen molar-refractivity contribution in [2.75, 3.05) is 56.5 Å². The molecule has 0 aliphatic carbocycles. The third kappa shape index (κ3) is 6.65. The van der Waals surface area contributed by atoms with Crippen molar-refractivity contribution in [2.24, 2.45) is 7.05 Å². The number of ether oxygens (including phenoxy) is 1. The Morgan fingerprint density at radius 1 is 1.03 bits per heavy atom. The highest BCUT2D eigenvalue weighted by molar-refractivity contribution is 6.00. The van der Waals surface area contributed by atoms with Crippen LogP contribution in [-0.4, -0.2) is 77.8 Å². The largest absolute Gasteiger partial charge is 0.492 e. The SMILES string of the molecule is Cn1nccc1-c1cc(NC(=O)Nc2ccc(F)cc2)ccc1OCCN1CCN(CC=O)CC1. The number of aryl methyl sites for hydroxylation is 1. The van der Waals surface area contributed by atoms with Crippen molar-refractivity contribution in [1.82, 2.24) is 19.6 Å². The van der Waals surface area contributed by atoms with Gasteiger partial charge in [-0.3, -0.25) is 14.5 Å². The third-order valence-electron chi connectivity index (χ3n) is 5.90. The number of hydrogen-bond donors (Lipinski definition) is 2. The summed E-state index contributed by atoms with van der Waals surface area (Å²) in [6.45, 7) is 5.32. The number of aromatic nitrogens is 2. The second kappa shape index (κ2) is 11.6. The lowest BCUT2D eigenvalue weighted by molar-refractivity contribution is -0.109. The summed E-state index contributed by atoms with van der Waals surface area (Å²) in [4.78, 5) is 27.6. The standard InChI is InChI=1S/C25H29FN6O3/c1-30-23(8-9-27-30)22-18-21(29-25(34)28-20-4-2-19(26)3-5-20)6-7-24(22)35-17-15-32-12-10-31(11-13-32)14-16-33/h2-9,16,18H,10-15,17H2,1H3,(H2,28,29,34). The van der Waals surface area contributed by atoms with E-state index in [1.165, 1.54) is 24.3 Å². The Bertz CT molecular complexity index is 1140. The van der Waals surface area contributed by atoms with Gasteiger partial charge in [-0.2, -0.15) is 5.10 Å². The monoisotopic (exact) mass is 480 g/mol. The van der Waals surface area contributed by atoms with Gasteiger partial charge in [0.05, 0.1) is 12.2 Å². The van der Waals surface area contributed by atoms with E-state index in [1.807, 2.05) is 25.2 Å². The minimum absolute atomic E-state index is 0.368. The number of benzene rings is 2. The molecule has 35 heavy (non-hydrogen) atoms. The number of piperazine rings is 1. The smallest absolute Gasteiger partial charge is 0.323 e. The fraction of sp³-hybridized carbons (Fsp3) is 0.320. The Kier molecular flexibility index (Phi) is 8.07. The Hall–Kier alpha value is -3.76. The molecule has 184 valence electrons. The number of nitrogens with one attached hydrogen (secondary N) is 2. The van der Waals surface area contributed by atoms with Crippen LogP contribution >= 0.6 is 0 Å². The minimum atomic E-state index is -0.435. The van der Waals surface area contributed by atoms with Crippen molar-refractivity contribution in [3.8, 4) is 17.0 Å². The maximum Gasteiger partial charge on any atom is 0.323 e. The molecule has 1 aromatic heterocycles. The van der Waals surface area contributed by atoms with Crippen LogP contribution in [0.15, 0.2) is 54.7 Å². The van der Waals surface area contributed by atoms with E-state index in [1.54, 1.807) is 16.9 Å². The van der Waals surface area contributed by atoms with Crippen LogP contribution in [-0.2, 0) is 11.8 Å². The van der Waals surface area contributed by atoms with Crippen LogP contribution in [0.5, 0.6) is 5.75 Å². The average molecular weight is 481 g/mol. The number of halogens is 1. The zero-order valence-corrected chi connectivity index (χ0v) is 19.6. The second-order valence-electron chi connectivity index (χ2n) is 8.29. The number of carbonyl (C=O) groups excluding carboxylic acids is 2. The van der Waals surface area contributed by atoms with Gasteiger partial charge in [-0.05, 0) is 48.5 Å². The van der Waals surface area contributed by atoms with E-state index >= 15 is 0 Å². The Morgan fingerprint density at radius 3 is 2.40 bits per heavy atom. The van der Waals surface area contributed by atoms with Crippen LogP contribution in [0, 0.1) is 5.82 Å². The molecule has 2 aromatic carbocycles. The highest BCUT2D eigenvalue weighted by Gasteiger charge is 2.17. The van der Waals surface area contributed by atoms with Crippen molar-refractivity contribution >= 4 is 23.7 Å². The number of carbonyl (C=O) groups is 2. The number of aldehydes is 1. The van der Waals surface area contributed by atoms with E-state index in [4.69, 9.17) is 4.74 Å². The molecule has 0 spiro atoms. The minimum Gasteiger partial charge on any atom is -0.492 e. The van der Waals surface area contributed by atoms with Crippen molar-refractivity contribution in [3.63, 3.8) is 0 Å². The molecule has 2 N–H and O–H groups in total. The summed E-state index contributed by atoms with van der Waals surface area (Å²) in [6, 6.07) is 12.5. The predicted octanol–water partition coefficient (Wildman–Crippen LogP) is 3.07. The van der Waals surface area contributed by atoms with Gasteiger partial charge in [-0.25, -0.2) is 9.18 Å². The summed E-state index contributed by atoms with van der Waals surface area (Å²) in [7, 11) is 1.85. The maximum absolute atomic E-state index is 13.1. The van der Waals surface area contributed by atoms with Gasteiger partial charge in [0.25, 0.3) is 0 Å². The molecule has 1 fully saturated rings. The molecule has 10 heteroatoms. The molecule has 4 rings (SSSR count). The summed E-state index contributed by atoms with van der Waals surface area (Å²) in [5.74, 6) is 0.324. The number of hydrogen-bond acceptors (Lipinski definition) is 6. The molecule has 0 unspecified atom stereocenters. The molecule has 0 atom stereocenters. The topological polar surface area (TPSA) is 91.7 Å². The summed E-state index contributed by atoms with van der Waals surface area (Å²) in [5.41, 5.74) is 2.73. The summed E-state index contributed by atoms with van der Waals surface area (Å²) in [6.07, 6.45) is 2.66. The zero-order chi connectivity index (χ0) is 24.6. The fourth-order valence-electron chi connectivity index (χ4n) is 3.98. The van der Waals surface area contributed by atoms with Crippen LogP contribution in [0.1, 0.15) is 0 Å². The Morgan fingerprint density at radius 2 is 1.71 bits per heavy atom. The molecule has 0 saturated carbocycles. The first-order valence-corrected chi connectivity index (χ1v) is 11.5. The first-order valence-electron chi connectivity index (χ1n) is 11.5. The van der Waals surface area contributed by atoms with E-state index in [-0.39, 0.29) is 5.82 Å². The normalized spacial score (nSPS) is 14.5. The summed E-state index contributed by atoms with van der Waals surface area (Å²) in [5, 5.41) is 9.75. The van der Waals surface area contributed by atoms with Crippen LogP contribution in [0.3, 0.4) is 0 Å². The fourth-order valence-corrected chi connectivity index (χ4v) is 3.98. The summed E-state index contributed by atoms with van der Waals surface area (Å²) < 4.78 is 21.0. The first-order chi connectivity index (χ1) is 17.0. The van der Waals surface area contributed by atoms with Crippen molar-refractivity contribution in [2.45, 2.75) is 0 Å². The lowest BCUT2D eigenvalue weighted by Crippen LogP contribution is -2.47. The predicted molar refractivity (Wildman–Crippen MR) is 132 cm³/mol. The lowest BCUT2D eigenvalue weighted by atomic mass is 10.1. The summed E-state index contributed by atoms with van der Waals surface area (Å²) >= 11 is 0. The number of amides is 2. The van der Waals surface area contributed by atoms with Crippen molar-refractivity contribution in [3.05, 3.63) is 60.5 Å². The molecule has 2 heterocycles. The highest BCUT2D eigenvalue weighted by atomic mass is 19.1. The lowest BCUT2D eigenvalue weighted by Gasteiger charge is -2.33. The number of rotatable bonds is 9. The van der Waals surface area contributed by atoms with E-state index in [0.29, 0.717) is 30.3 Å². The van der Waals surface area contributed by atoms with Gasteiger partial charge in [0.1, 0.15) is 24.5 Å². The third-order valence-corrected chi connectivity index (χ3v) is 5.90. The van der Waals surface area contributed by atoms with Gasteiger partial charge in [-0.15, -0.1) is 0 Å². The molecule has 1 aliphatic rings. The molecule has 0 radical (unpaired) electrons. The highest BCUT2D eigenvalue weighted by Crippen LogP contribution is 2.32. The van der Waals surface area contributed by atoms with E-state index in [9.17, 15) is 14.0 Å². The van der Waals surface area contributed by atoms with Crippen LogP contribution in [0.25, 0.3) is 11.3 Å². The molecular formula is C25H29FN6O3. The number of nitrogens with zero attached hydrogens (tertiary/aromatic N) is 4. The average Bonchev–Trinajstić information content (AvgIpc) is 3.28. The van der Waals surface area contributed by atoms with Crippen molar-refractivity contribution in [1.29, 1.82) is 0 Å². The van der Waals surface area contributed by atoms with Gasteiger partial charge in [0.2, 0.25) is 0 Å². The van der Waals surface area contributed by atoms with E-state index < -0.39 is 6.03 Å². The van der Waals surface area contributed by atoms with Gasteiger partial charge in [0.15, 0.2) is 0 Å². The van der Waals surface area contributed by atoms with Gasteiger partial charge in [0, 0.05) is 62.9 Å².